The van der Waals surface area contributed by atoms with Gasteiger partial charge in [0, 0.05) is 13.8 Å². The van der Waals surface area contributed by atoms with E-state index in [9.17, 15) is 9.59 Å². The van der Waals surface area contributed by atoms with Crippen LogP contribution in [0.15, 0.2) is 11.8 Å². The maximum Gasteiger partial charge on any atom is 0.552 e. The molecule has 0 saturated heterocycles. The van der Waals surface area contributed by atoms with Gasteiger partial charge >= 0.3 is 12.1 Å². The van der Waals surface area contributed by atoms with Crippen LogP contribution in [0.3, 0.4) is 0 Å². The zero-order chi connectivity index (χ0) is 18.3. The van der Waals surface area contributed by atoms with Crippen LogP contribution in [0.5, 0.6) is 0 Å². The van der Waals surface area contributed by atoms with E-state index in [1.807, 2.05) is 0 Å². The zero-order valence-electron chi connectivity index (χ0n) is 14.9. The largest absolute Gasteiger partial charge is 0.552 e. The first kappa shape index (κ1) is 21.2. The van der Waals surface area contributed by atoms with Gasteiger partial charge in [-0.1, -0.05) is 0 Å². The fraction of sp³-hybridized carbons (Fsp3) is 0.733. The quantitative estimate of drug-likeness (QED) is 0.182. The molecule has 0 radical (unpaired) electrons. The van der Waals surface area contributed by atoms with Crippen LogP contribution in [0.4, 0.5) is 4.79 Å². The second kappa shape index (κ2) is 8.73. The van der Waals surface area contributed by atoms with Crippen LogP contribution in [0, 0.1) is 0 Å². The van der Waals surface area contributed by atoms with Crippen molar-refractivity contribution in [1.82, 2.24) is 0 Å². The molecule has 0 fully saturated rings. The van der Waals surface area contributed by atoms with Gasteiger partial charge in [0.25, 0.3) is 0 Å². The van der Waals surface area contributed by atoms with Crippen molar-refractivity contribution in [3.8, 4) is 0 Å². The Kier molecular flexibility index (Phi) is 8.05. The van der Waals surface area contributed by atoms with Gasteiger partial charge in [-0.25, -0.2) is 14.6 Å². The molecule has 0 N–H and O–H groups in total. The highest BCUT2D eigenvalue weighted by Crippen LogP contribution is 2.15. The fourth-order valence-corrected chi connectivity index (χ4v) is 1.24. The maximum atomic E-state index is 11.6. The Morgan fingerprint density at radius 1 is 1.00 bits per heavy atom. The van der Waals surface area contributed by atoms with Gasteiger partial charge in [0.2, 0.25) is 5.79 Å². The Balaban J connectivity index is 4.27. The van der Waals surface area contributed by atoms with E-state index in [1.165, 1.54) is 20.8 Å². The standard InChI is InChI=1S/C15H26O8/c1-10(2)19-15(7,8)20-13(17)22-21-12(16)11(3)9-18-23-14(4,5)6/h9-10H,1-8H3. The van der Waals surface area contributed by atoms with Gasteiger partial charge in [-0.2, -0.15) is 9.68 Å². The first-order valence-electron chi connectivity index (χ1n) is 7.13. The Hall–Kier alpha value is -1.80. The van der Waals surface area contributed by atoms with Crippen molar-refractivity contribution < 1.29 is 38.6 Å². The summed E-state index contributed by atoms with van der Waals surface area (Å²) in [6.45, 7) is 13.3. The zero-order valence-corrected chi connectivity index (χ0v) is 14.9. The minimum absolute atomic E-state index is 0.0275. The third-order valence-corrected chi connectivity index (χ3v) is 1.88. The summed E-state index contributed by atoms with van der Waals surface area (Å²) in [5.41, 5.74) is -0.511. The molecule has 0 aliphatic rings. The Labute approximate surface area is 136 Å². The molecule has 0 rings (SSSR count). The molecule has 23 heavy (non-hydrogen) atoms. The summed E-state index contributed by atoms with van der Waals surface area (Å²) in [6, 6.07) is 0. The Morgan fingerprint density at radius 2 is 1.57 bits per heavy atom. The topological polar surface area (TPSA) is 89.5 Å². The van der Waals surface area contributed by atoms with Gasteiger partial charge in [-0.05, 0) is 41.5 Å². The first-order valence-corrected chi connectivity index (χ1v) is 7.13. The Morgan fingerprint density at radius 3 is 2.04 bits per heavy atom. The molecule has 134 valence electrons. The highest BCUT2D eigenvalue weighted by molar-refractivity contribution is 5.87. The summed E-state index contributed by atoms with van der Waals surface area (Å²) < 4.78 is 10.2. The van der Waals surface area contributed by atoms with Crippen molar-refractivity contribution in [2.24, 2.45) is 0 Å². The molecular weight excluding hydrogens is 308 g/mol. The van der Waals surface area contributed by atoms with Crippen LogP contribution in [0.25, 0.3) is 0 Å². The molecule has 0 aliphatic carbocycles. The number of carbonyl (C=O) groups excluding carboxylic acids is 2. The van der Waals surface area contributed by atoms with Crippen molar-refractivity contribution in [2.45, 2.75) is 72.9 Å². The molecular formula is C15H26O8. The number of hydrogen-bond donors (Lipinski definition) is 0. The van der Waals surface area contributed by atoms with E-state index in [2.05, 4.69) is 9.78 Å². The molecule has 0 saturated carbocycles. The van der Waals surface area contributed by atoms with E-state index in [1.54, 1.807) is 34.6 Å². The molecule has 0 aromatic heterocycles. The van der Waals surface area contributed by atoms with Crippen LogP contribution in [0.1, 0.15) is 55.4 Å². The molecule has 0 heterocycles. The van der Waals surface area contributed by atoms with E-state index in [0.29, 0.717) is 0 Å². The summed E-state index contributed by atoms with van der Waals surface area (Å²) in [7, 11) is 0. The van der Waals surface area contributed by atoms with E-state index < -0.39 is 23.5 Å². The number of hydrogen-bond acceptors (Lipinski definition) is 8. The monoisotopic (exact) mass is 334 g/mol. The number of carbonyl (C=O) groups is 2. The summed E-state index contributed by atoms with van der Waals surface area (Å²) in [5, 5.41) is 0. The van der Waals surface area contributed by atoms with E-state index in [-0.39, 0.29) is 11.7 Å². The summed E-state index contributed by atoms with van der Waals surface area (Å²) in [5.74, 6) is -2.14. The molecule has 0 atom stereocenters. The molecule has 0 aromatic rings. The van der Waals surface area contributed by atoms with E-state index in [0.717, 1.165) is 6.26 Å². The molecule has 8 heteroatoms. The average Bonchev–Trinajstić information content (AvgIpc) is 2.31. The van der Waals surface area contributed by atoms with Crippen molar-refractivity contribution in [3.05, 3.63) is 11.8 Å². The third-order valence-electron chi connectivity index (χ3n) is 1.88. The normalized spacial score (nSPS) is 12.8. The number of rotatable bonds is 6. The molecule has 0 bridgehead atoms. The lowest BCUT2D eigenvalue weighted by molar-refractivity contribution is -0.311. The molecule has 0 unspecified atom stereocenters. The lowest BCUT2D eigenvalue weighted by atomic mass is 10.2. The lowest BCUT2D eigenvalue weighted by Crippen LogP contribution is -2.34. The minimum atomic E-state index is -1.22. The van der Waals surface area contributed by atoms with Crippen molar-refractivity contribution in [1.29, 1.82) is 0 Å². The third kappa shape index (κ3) is 11.4. The second-order valence-corrected chi connectivity index (χ2v) is 6.47. The van der Waals surface area contributed by atoms with E-state index >= 15 is 0 Å². The molecule has 8 nitrogen and oxygen atoms in total. The lowest BCUT2D eigenvalue weighted by Gasteiger charge is -2.26. The van der Waals surface area contributed by atoms with Gasteiger partial charge in [-0.15, -0.1) is 0 Å². The van der Waals surface area contributed by atoms with Crippen LogP contribution in [-0.4, -0.2) is 29.6 Å². The van der Waals surface area contributed by atoms with Gasteiger partial charge in [-0.3, -0.25) is 0 Å². The highest BCUT2D eigenvalue weighted by atomic mass is 17.2. The van der Waals surface area contributed by atoms with Crippen LogP contribution >= 0.6 is 0 Å². The first-order chi connectivity index (χ1) is 10.3. The van der Waals surface area contributed by atoms with Gasteiger partial charge in [0.1, 0.15) is 11.9 Å². The fourth-order valence-electron chi connectivity index (χ4n) is 1.24. The summed E-state index contributed by atoms with van der Waals surface area (Å²) in [6.07, 6.45) is -0.331. The average molecular weight is 334 g/mol. The number of ether oxygens (including phenoxy) is 2. The highest BCUT2D eigenvalue weighted by Gasteiger charge is 2.27. The van der Waals surface area contributed by atoms with Crippen LogP contribution in [-0.2, 0) is 33.8 Å². The Bertz CT molecular complexity index is 431. The molecule has 0 aromatic carbocycles. The SMILES string of the molecule is CC(=COOC(C)(C)C)C(=O)OOC(=O)OC(C)(C)OC(C)C. The van der Waals surface area contributed by atoms with Gasteiger partial charge in [0.15, 0.2) is 0 Å². The van der Waals surface area contributed by atoms with Crippen LogP contribution < -0.4 is 0 Å². The minimum Gasteiger partial charge on any atom is -0.400 e. The van der Waals surface area contributed by atoms with Crippen molar-refractivity contribution in [2.75, 3.05) is 0 Å². The predicted octanol–water partition coefficient (Wildman–Crippen LogP) is 3.41. The van der Waals surface area contributed by atoms with Crippen molar-refractivity contribution >= 4 is 12.1 Å². The van der Waals surface area contributed by atoms with Gasteiger partial charge in [0.05, 0.1) is 11.7 Å². The van der Waals surface area contributed by atoms with Gasteiger partial charge < -0.3 is 14.4 Å². The molecule has 0 amide bonds. The van der Waals surface area contributed by atoms with Crippen molar-refractivity contribution in [3.63, 3.8) is 0 Å². The predicted molar refractivity (Wildman–Crippen MR) is 79.6 cm³/mol. The summed E-state index contributed by atoms with van der Waals surface area (Å²) >= 11 is 0. The van der Waals surface area contributed by atoms with Crippen LogP contribution in [0.2, 0.25) is 0 Å². The maximum absolute atomic E-state index is 11.6. The van der Waals surface area contributed by atoms with E-state index in [4.69, 9.17) is 19.2 Å². The molecule has 0 aliphatic heterocycles. The molecule has 0 spiro atoms. The smallest absolute Gasteiger partial charge is 0.400 e. The second-order valence-electron chi connectivity index (χ2n) is 6.47. The summed E-state index contributed by atoms with van der Waals surface area (Å²) in [4.78, 5) is 41.3.